The van der Waals surface area contributed by atoms with E-state index in [0.29, 0.717) is 5.75 Å². The second-order valence-corrected chi connectivity index (χ2v) is 5.98. The van der Waals surface area contributed by atoms with Gasteiger partial charge in [0.1, 0.15) is 6.04 Å². The number of carboxylic acids is 2. The van der Waals surface area contributed by atoms with E-state index in [1.807, 2.05) is 17.5 Å². The lowest BCUT2D eigenvalue weighted by molar-refractivity contribution is -0.142. The lowest BCUT2D eigenvalue weighted by atomic mass is 10.1. The number of aliphatic carboxylic acids is 2. The van der Waals surface area contributed by atoms with Crippen LogP contribution in [-0.2, 0) is 20.1 Å². The van der Waals surface area contributed by atoms with E-state index >= 15 is 0 Å². The molecule has 8 heteroatoms. The minimum absolute atomic E-state index is 0.119. The maximum Gasteiger partial charge on any atom is 0.326 e. The fraction of sp³-hybridized carbons (Fsp3) is 0.417. The van der Waals surface area contributed by atoms with Crippen LogP contribution < -0.4 is 5.32 Å². The van der Waals surface area contributed by atoms with Gasteiger partial charge in [-0.25, -0.2) is 4.79 Å². The maximum atomic E-state index is 11.6. The lowest BCUT2D eigenvalue weighted by Crippen LogP contribution is -2.41. The predicted octanol–water partition coefficient (Wildman–Crippen LogP) is 1.42. The summed E-state index contributed by atoms with van der Waals surface area (Å²) in [6, 6.07) is 2.73. The molecule has 0 fully saturated rings. The number of hydrogen-bond donors (Lipinski definition) is 3. The van der Waals surface area contributed by atoms with Gasteiger partial charge in [0.25, 0.3) is 0 Å². The van der Waals surface area contributed by atoms with Gasteiger partial charge in [0, 0.05) is 17.1 Å². The molecule has 0 aromatic carbocycles. The molecule has 0 spiro atoms. The summed E-state index contributed by atoms with van der Waals surface area (Å²) in [6.45, 7) is 0. The largest absolute Gasteiger partial charge is 0.481 e. The highest BCUT2D eigenvalue weighted by Gasteiger charge is 2.20. The molecular weight excluding hydrogens is 302 g/mol. The molecule has 0 bridgehead atoms. The van der Waals surface area contributed by atoms with Crippen LogP contribution in [0.1, 0.15) is 17.7 Å². The Morgan fingerprint density at radius 1 is 1.35 bits per heavy atom. The third kappa shape index (κ3) is 6.58. The summed E-state index contributed by atoms with van der Waals surface area (Å²) in [6.07, 6.45) is -0.411. The van der Waals surface area contributed by atoms with Gasteiger partial charge in [-0.3, -0.25) is 9.59 Å². The predicted molar refractivity (Wildman–Crippen MR) is 76.9 cm³/mol. The van der Waals surface area contributed by atoms with Crippen molar-refractivity contribution in [2.45, 2.75) is 24.6 Å². The number of amides is 1. The van der Waals surface area contributed by atoms with Crippen molar-refractivity contribution < 1.29 is 24.6 Å². The fourth-order valence-electron chi connectivity index (χ4n) is 1.40. The molecule has 0 unspecified atom stereocenters. The third-order valence-electron chi connectivity index (χ3n) is 2.34. The van der Waals surface area contributed by atoms with Crippen molar-refractivity contribution in [1.29, 1.82) is 0 Å². The first-order valence-corrected chi connectivity index (χ1v) is 7.86. The second-order valence-electron chi connectivity index (χ2n) is 3.96. The number of carbonyl (C=O) groups excluding carboxylic acids is 1. The number of rotatable bonds is 9. The van der Waals surface area contributed by atoms with Gasteiger partial charge >= 0.3 is 11.9 Å². The van der Waals surface area contributed by atoms with E-state index in [4.69, 9.17) is 10.2 Å². The fourth-order valence-corrected chi connectivity index (χ4v) is 3.08. The number of nitrogens with one attached hydrogen (secondary N) is 1. The van der Waals surface area contributed by atoms with Crippen molar-refractivity contribution in [3.63, 3.8) is 0 Å². The minimum Gasteiger partial charge on any atom is -0.481 e. The number of thiophene rings is 1. The summed E-state index contributed by atoms with van der Waals surface area (Å²) in [5, 5.41) is 21.7. The summed E-state index contributed by atoms with van der Waals surface area (Å²) >= 11 is 2.98. The lowest BCUT2D eigenvalue weighted by Gasteiger charge is -2.13. The summed E-state index contributed by atoms with van der Waals surface area (Å²) in [5.41, 5.74) is 0. The minimum atomic E-state index is -1.22. The highest BCUT2D eigenvalue weighted by Crippen LogP contribution is 2.16. The molecule has 1 aromatic rings. The first-order chi connectivity index (χ1) is 9.49. The monoisotopic (exact) mass is 317 g/mol. The van der Waals surface area contributed by atoms with Gasteiger partial charge in [-0.05, 0) is 17.9 Å². The van der Waals surface area contributed by atoms with Crippen LogP contribution in [0.4, 0.5) is 0 Å². The average molecular weight is 317 g/mol. The van der Waals surface area contributed by atoms with E-state index in [0.717, 1.165) is 4.88 Å². The van der Waals surface area contributed by atoms with Gasteiger partial charge in [-0.15, -0.1) is 23.1 Å². The first kappa shape index (κ1) is 16.5. The third-order valence-corrected chi connectivity index (χ3v) is 4.38. The Hall–Kier alpha value is -1.54. The molecule has 1 heterocycles. The average Bonchev–Trinajstić information content (AvgIpc) is 2.87. The molecule has 0 aliphatic rings. The quantitative estimate of drug-likeness (QED) is 0.636. The molecule has 1 rings (SSSR count). The smallest absolute Gasteiger partial charge is 0.326 e. The maximum absolute atomic E-state index is 11.6. The van der Waals surface area contributed by atoms with Gasteiger partial charge in [-0.1, -0.05) is 6.07 Å². The van der Waals surface area contributed by atoms with E-state index in [-0.39, 0.29) is 18.6 Å². The summed E-state index contributed by atoms with van der Waals surface area (Å²) in [4.78, 5) is 34.0. The van der Waals surface area contributed by atoms with Gasteiger partial charge in [0.05, 0.1) is 5.75 Å². The molecule has 0 aliphatic heterocycles. The van der Waals surface area contributed by atoms with Crippen molar-refractivity contribution in [3.8, 4) is 0 Å². The van der Waals surface area contributed by atoms with Gasteiger partial charge in [0.15, 0.2) is 0 Å². The molecule has 0 aliphatic carbocycles. The standard InChI is InChI=1S/C12H15NO5S2/c14-10(7-19-6-8-2-1-5-20-8)13-9(12(17)18)3-4-11(15)16/h1-2,5,9H,3-4,6-7H2,(H,13,14)(H,15,16)(H,17,18)/t9-/m0/s1. The van der Waals surface area contributed by atoms with Gasteiger partial charge in [-0.2, -0.15) is 0 Å². The zero-order valence-corrected chi connectivity index (χ0v) is 12.2. The zero-order valence-electron chi connectivity index (χ0n) is 10.6. The Balaban J connectivity index is 2.30. The topological polar surface area (TPSA) is 104 Å². The molecule has 6 nitrogen and oxygen atoms in total. The van der Waals surface area contributed by atoms with Crippen molar-refractivity contribution in [3.05, 3.63) is 22.4 Å². The number of hydrogen-bond acceptors (Lipinski definition) is 5. The summed E-state index contributed by atoms with van der Waals surface area (Å²) in [5.74, 6) is -1.86. The van der Waals surface area contributed by atoms with Gasteiger partial charge in [0.2, 0.25) is 5.91 Å². The van der Waals surface area contributed by atoms with Crippen LogP contribution in [0.15, 0.2) is 17.5 Å². The normalized spacial score (nSPS) is 11.8. The summed E-state index contributed by atoms with van der Waals surface area (Å²) < 4.78 is 0. The first-order valence-electron chi connectivity index (χ1n) is 5.83. The van der Waals surface area contributed by atoms with Crippen molar-refractivity contribution in [1.82, 2.24) is 5.32 Å². The molecule has 0 radical (unpaired) electrons. The van der Waals surface area contributed by atoms with E-state index < -0.39 is 23.9 Å². The second kappa shape index (κ2) is 8.60. The summed E-state index contributed by atoms with van der Waals surface area (Å²) in [7, 11) is 0. The molecular formula is C12H15NO5S2. The number of thioether (sulfide) groups is 1. The zero-order chi connectivity index (χ0) is 15.0. The van der Waals surface area contributed by atoms with E-state index in [9.17, 15) is 14.4 Å². The highest BCUT2D eigenvalue weighted by molar-refractivity contribution is 7.99. The van der Waals surface area contributed by atoms with Crippen LogP contribution in [0.3, 0.4) is 0 Å². The molecule has 110 valence electrons. The van der Waals surface area contributed by atoms with E-state index in [1.165, 1.54) is 11.8 Å². The van der Waals surface area contributed by atoms with Crippen LogP contribution in [0.2, 0.25) is 0 Å². The Bertz CT molecular complexity index is 460. The number of carbonyl (C=O) groups is 3. The van der Waals surface area contributed by atoms with Crippen molar-refractivity contribution >= 4 is 40.9 Å². The molecule has 1 aromatic heterocycles. The SMILES string of the molecule is O=C(O)CC[C@H](NC(=O)CSCc1cccs1)C(=O)O. The molecule has 0 saturated carbocycles. The highest BCUT2D eigenvalue weighted by atomic mass is 32.2. The van der Waals surface area contributed by atoms with E-state index in [1.54, 1.807) is 11.3 Å². The Morgan fingerprint density at radius 2 is 2.10 bits per heavy atom. The van der Waals surface area contributed by atoms with Crippen LogP contribution in [0.5, 0.6) is 0 Å². The molecule has 0 saturated heterocycles. The Kier molecular flexibility index (Phi) is 7.10. The van der Waals surface area contributed by atoms with Crippen molar-refractivity contribution in [2.75, 3.05) is 5.75 Å². The van der Waals surface area contributed by atoms with Crippen LogP contribution in [0.25, 0.3) is 0 Å². The molecule has 3 N–H and O–H groups in total. The van der Waals surface area contributed by atoms with Crippen LogP contribution in [-0.4, -0.2) is 39.9 Å². The Labute approximate surface area is 124 Å². The molecule has 1 atom stereocenters. The molecule has 20 heavy (non-hydrogen) atoms. The van der Waals surface area contributed by atoms with Crippen LogP contribution >= 0.6 is 23.1 Å². The van der Waals surface area contributed by atoms with Crippen molar-refractivity contribution in [2.24, 2.45) is 0 Å². The van der Waals surface area contributed by atoms with E-state index in [2.05, 4.69) is 5.32 Å². The molecule has 1 amide bonds. The Morgan fingerprint density at radius 3 is 2.65 bits per heavy atom. The van der Waals surface area contributed by atoms with Gasteiger partial charge < -0.3 is 15.5 Å². The van der Waals surface area contributed by atoms with Crippen LogP contribution in [0, 0.1) is 0 Å². The number of carboxylic acid groups (broad SMARTS) is 2.